The van der Waals surface area contributed by atoms with Gasteiger partial charge in [0.05, 0.1) is 6.10 Å². The lowest BCUT2D eigenvalue weighted by Crippen LogP contribution is -2.28. The summed E-state index contributed by atoms with van der Waals surface area (Å²) in [6.07, 6.45) is -0.699. The SMILES string of the molecule is Cc1cccc(C(=O)NCC(O)c2ccc(C(C)C)cc2)c1. The van der Waals surface area contributed by atoms with Crippen molar-refractivity contribution in [3.63, 3.8) is 0 Å². The van der Waals surface area contributed by atoms with Gasteiger partial charge in [0, 0.05) is 12.1 Å². The predicted octanol–water partition coefficient (Wildman–Crippen LogP) is 3.58. The topological polar surface area (TPSA) is 49.3 Å². The Morgan fingerprint density at radius 3 is 2.32 bits per heavy atom. The van der Waals surface area contributed by atoms with E-state index in [-0.39, 0.29) is 12.5 Å². The number of carbonyl (C=O) groups excluding carboxylic acids is 1. The van der Waals surface area contributed by atoms with Gasteiger partial charge < -0.3 is 10.4 Å². The van der Waals surface area contributed by atoms with Gasteiger partial charge in [-0.25, -0.2) is 0 Å². The number of aryl methyl sites for hydroxylation is 1. The van der Waals surface area contributed by atoms with Crippen molar-refractivity contribution < 1.29 is 9.90 Å². The van der Waals surface area contributed by atoms with Gasteiger partial charge in [-0.15, -0.1) is 0 Å². The average Bonchev–Trinajstić information content (AvgIpc) is 2.52. The van der Waals surface area contributed by atoms with Crippen LogP contribution in [0.1, 0.15) is 52.9 Å². The predicted molar refractivity (Wildman–Crippen MR) is 89.0 cm³/mol. The molecule has 0 heterocycles. The van der Waals surface area contributed by atoms with E-state index in [2.05, 4.69) is 19.2 Å². The molecule has 0 aromatic heterocycles. The minimum atomic E-state index is -0.699. The van der Waals surface area contributed by atoms with E-state index in [0.29, 0.717) is 11.5 Å². The highest BCUT2D eigenvalue weighted by Crippen LogP contribution is 2.18. The second-order valence-electron chi connectivity index (χ2n) is 5.92. The second-order valence-corrected chi connectivity index (χ2v) is 5.92. The lowest BCUT2D eigenvalue weighted by Gasteiger charge is -2.14. The molecule has 0 saturated carbocycles. The van der Waals surface area contributed by atoms with Gasteiger partial charge in [-0.05, 0) is 36.1 Å². The van der Waals surface area contributed by atoms with Gasteiger partial charge in [0.15, 0.2) is 0 Å². The Bertz CT molecular complexity index is 632. The molecule has 1 amide bonds. The van der Waals surface area contributed by atoms with Crippen LogP contribution in [0.2, 0.25) is 0 Å². The number of nitrogens with one attached hydrogen (secondary N) is 1. The third kappa shape index (κ3) is 4.18. The van der Waals surface area contributed by atoms with E-state index < -0.39 is 6.10 Å². The van der Waals surface area contributed by atoms with Gasteiger partial charge >= 0.3 is 0 Å². The molecule has 3 nitrogen and oxygen atoms in total. The third-order valence-corrected chi connectivity index (χ3v) is 3.72. The molecular weight excluding hydrogens is 274 g/mol. The van der Waals surface area contributed by atoms with Gasteiger partial charge in [-0.3, -0.25) is 4.79 Å². The number of carbonyl (C=O) groups is 1. The van der Waals surface area contributed by atoms with Crippen molar-refractivity contribution in [3.05, 3.63) is 70.8 Å². The first-order valence-corrected chi connectivity index (χ1v) is 7.60. The molecule has 0 fully saturated rings. The molecule has 1 atom stereocenters. The van der Waals surface area contributed by atoms with Crippen molar-refractivity contribution in [2.45, 2.75) is 32.8 Å². The minimum Gasteiger partial charge on any atom is -0.387 e. The Kier molecular flexibility index (Phi) is 5.34. The fraction of sp³-hybridized carbons (Fsp3) is 0.316. The Morgan fingerprint density at radius 1 is 1.09 bits per heavy atom. The molecule has 0 spiro atoms. The fourth-order valence-corrected chi connectivity index (χ4v) is 2.30. The molecule has 2 N–H and O–H groups in total. The van der Waals surface area contributed by atoms with E-state index >= 15 is 0 Å². The molecule has 0 aliphatic rings. The van der Waals surface area contributed by atoms with Crippen LogP contribution in [0.4, 0.5) is 0 Å². The van der Waals surface area contributed by atoms with Crippen LogP contribution < -0.4 is 5.32 Å². The zero-order valence-corrected chi connectivity index (χ0v) is 13.3. The van der Waals surface area contributed by atoms with Crippen molar-refractivity contribution in [2.75, 3.05) is 6.54 Å². The average molecular weight is 297 g/mol. The Hall–Kier alpha value is -2.13. The van der Waals surface area contributed by atoms with Crippen LogP contribution in [0.3, 0.4) is 0 Å². The maximum atomic E-state index is 12.1. The standard InChI is InChI=1S/C19H23NO2/c1-13(2)15-7-9-16(10-8-15)18(21)12-20-19(22)17-6-4-5-14(3)11-17/h4-11,13,18,21H,12H2,1-3H3,(H,20,22). The van der Waals surface area contributed by atoms with Crippen LogP contribution >= 0.6 is 0 Å². The first kappa shape index (κ1) is 16.2. The molecule has 1 unspecified atom stereocenters. The van der Waals surface area contributed by atoms with Crippen LogP contribution in [0.15, 0.2) is 48.5 Å². The molecule has 2 rings (SSSR count). The Balaban J connectivity index is 1.94. The number of aliphatic hydroxyl groups is 1. The van der Waals surface area contributed by atoms with Crippen LogP contribution in [-0.2, 0) is 0 Å². The van der Waals surface area contributed by atoms with Crippen LogP contribution in [-0.4, -0.2) is 17.6 Å². The number of hydrogen-bond donors (Lipinski definition) is 2. The van der Waals surface area contributed by atoms with Crippen LogP contribution in [0, 0.1) is 6.92 Å². The second kappa shape index (κ2) is 7.23. The first-order valence-electron chi connectivity index (χ1n) is 7.60. The summed E-state index contributed by atoms with van der Waals surface area (Å²) < 4.78 is 0. The highest BCUT2D eigenvalue weighted by Gasteiger charge is 2.11. The third-order valence-electron chi connectivity index (χ3n) is 3.72. The molecule has 0 bridgehead atoms. The van der Waals surface area contributed by atoms with E-state index in [4.69, 9.17) is 0 Å². The first-order chi connectivity index (χ1) is 10.5. The van der Waals surface area contributed by atoms with Gasteiger partial charge in [-0.2, -0.15) is 0 Å². The largest absolute Gasteiger partial charge is 0.387 e. The van der Waals surface area contributed by atoms with Gasteiger partial charge in [0.25, 0.3) is 5.91 Å². The molecule has 2 aromatic rings. The monoisotopic (exact) mass is 297 g/mol. The lowest BCUT2D eigenvalue weighted by molar-refractivity contribution is 0.0916. The van der Waals surface area contributed by atoms with Crippen LogP contribution in [0.5, 0.6) is 0 Å². The van der Waals surface area contributed by atoms with Crippen molar-refractivity contribution in [1.82, 2.24) is 5.32 Å². The molecule has 0 aliphatic carbocycles. The fourth-order valence-electron chi connectivity index (χ4n) is 2.30. The summed E-state index contributed by atoms with van der Waals surface area (Å²) >= 11 is 0. The number of hydrogen-bond acceptors (Lipinski definition) is 2. The van der Waals surface area contributed by atoms with Crippen molar-refractivity contribution in [1.29, 1.82) is 0 Å². The molecule has 22 heavy (non-hydrogen) atoms. The van der Waals surface area contributed by atoms with E-state index in [1.165, 1.54) is 5.56 Å². The summed E-state index contributed by atoms with van der Waals surface area (Å²) in [5.74, 6) is 0.300. The van der Waals surface area contributed by atoms with Crippen molar-refractivity contribution in [3.8, 4) is 0 Å². The molecular formula is C19H23NO2. The number of aliphatic hydroxyl groups excluding tert-OH is 1. The summed E-state index contributed by atoms with van der Waals surface area (Å²) in [5, 5.41) is 13.0. The van der Waals surface area contributed by atoms with E-state index in [9.17, 15) is 9.90 Å². The highest BCUT2D eigenvalue weighted by atomic mass is 16.3. The normalized spacial score (nSPS) is 12.2. The summed E-state index contributed by atoms with van der Waals surface area (Å²) in [6, 6.07) is 15.3. The van der Waals surface area contributed by atoms with Gasteiger partial charge in [0.2, 0.25) is 0 Å². The summed E-state index contributed by atoms with van der Waals surface area (Å²) in [4.78, 5) is 12.1. The summed E-state index contributed by atoms with van der Waals surface area (Å²) in [5.41, 5.74) is 3.70. The molecule has 116 valence electrons. The van der Waals surface area contributed by atoms with E-state index in [0.717, 1.165) is 11.1 Å². The minimum absolute atomic E-state index is 0.165. The van der Waals surface area contributed by atoms with Crippen LogP contribution in [0.25, 0.3) is 0 Å². The molecule has 3 heteroatoms. The molecule has 0 aliphatic heterocycles. The Morgan fingerprint density at radius 2 is 1.73 bits per heavy atom. The maximum Gasteiger partial charge on any atom is 0.251 e. The van der Waals surface area contributed by atoms with Crippen molar-refractivity contribution >= 4 is 5.91 Å². The molecule has 0 saturated heterocycles. The molecule has 0 radical (unpaired) electrons. The number of amides is 1. The van der Waals surface area contributed by atoms with E-state index in [1.54, 1.807) is 6.07 Å². The Labute approximate surface area is 132 Å². The highest BCUT2D eigenvalue weighted by molar-refractivity contribution is 5.94. The quantitative estimate of drug-likeness (QED) is 0.886. The van der Waals surface area contributed by atoms with Gasteiger partial charge in [-0.1, -0.05) is 55.8 Å². The van der Waals surface area contributed by atoms with E-state index in [1.807, 2.05) is 49.4 Å². The van der Waals surface area contributed by atoms with Gasteiger partial charge in [0.1, 0.15) is 0 Å². The maximum absolute atomic E-state index is 12.1. The number of benzene rings is 2. The molecule has 2 aromatic carbocycles. The smallest absolute Gasteiger partial charge is 0.251 e. The summed E-state index contributed by atoms with van der Waals surface area (Å²) in [6.45, 7) is 6.41. The zero-order valence-electron chi connectivity index (χ0n) is 13.3. The number of rotatable bonds is 5. The lowest BCUT2D eigenvalue weighted by atomic mass is 10.00. The van der Waals surface area contributed by atoms with Crippen molar-refractivity contribution in [2.24, 2.45) is 0 Å². The zero-order chi connectivity index (χ0) is 16.1. The summed E-state index contributed by atoms with van der Waals surface area (Å²) in [7, 11) is 0.